The molecule has 1 heterocycles. The van der Waals surface area contributed by atoms with E-state index in [2.05, 4.69) is 0 Å². The summed E-state index contributed by atoms with van der Waals surface area (Å²) >= 11 is 1.45. The molecule has 0 atom stereocenters. The molecule has 2 rings (SSSR count). The van der Waals surface area contributed by atoms with Crippen molar-refractivity contribution in [2.45, 2.75) is 0 Å². The maximum absolute atomic E-state index is 9.43. The van der Waals surface area contributed by atoms with Crippen LogP contribution in [0.4, 0.5) is 0 Å². The lowest BCUT2D eigenvalue weighted by molar-refractivity contribution is 0.0180. The Kier molecular flexibility index (Phi) is 2.65. The predicted molar refractivity (Wildman–Crippen MR) is 56.5 cm³/mol. The minimum absolute atomic E-state index is 0.789. The molecule has 0 unspecified atom stereocenters. The Balaban J connectivity index is 2.24. The van der Waals surface area contributed by atoms with Crippen molar-refractivity contribution in [3.8, 4) is 5.75 Å². The summed E-state index contributed by atoms with van der Waals surface area (Å²) in [6, 6.07) is 7.56. The Labute approximate surface area is 86.9 Å². The zero-order chi connectivity index (χ0) is 9.97. The van der Waals surface area contributed by atoms with Crippen LogP contribution in [-0.4, -0.2) is 17.4 Å². The molecule has 14 heavy (non-hydrogen) atoms. The van der Waals surface area contributed by atoms with Crippen LogP contribution in [0, 0.1) is 5.88 Å². The fraction of sp³-hybridized carbons (Fsp3) is 0.100. The standard InChI is InChI=1S/C10H10NO2S/c1-13-9-4-2-8(3-5-9)10-6-14-7-11(10)12/h2-7,12H,1H3. The molecule has 1 aliphatic rings. The molecule has 1 N–H and O–H groups in total. The van der Waals surface area contributed by atoms with Gasteiger partial charge in [0.1, 0.15) is 11.6 Å². The third-order valence-corrected chi connectivity index (χ3v) is 2.65. The summed E-state index contributed by atoms with van der Waals surface area (Å²) < 4.78 is 5.05. The lowest BCUT2D eigenvalue weighted by Gasteiger charge is -2.12. The monoisotopic (exact) mass is 208 g/mol. The fourth-order valence-corrected chi connectivity index (χ4v) is 1.89. The molecule has 0 fully saturated rings. The van der Waals surface area contributed by atoms with Crippen LogP contribution in [0.3, 0.4) is 0 Å². The van der Waals surface area contributed by atoms with E-state index in [9.17, 15) is 5.21 Å². The van der Waals surface area contributed by atoms with Crippen molar-refractivity contribution in [2.24, 2.45) is 0 Å². The smallest absolute Gasteiger partial charge is 0.138 e. The molecular formula is C10H10NO2S. The molecule has 1 radical (unpaired) electrons. The van der Waals surface area contributed by atoms with E-state index < -0.39 is 0 Å². The van der Waals surface area contributed by atoms with Gasteiger partial charge in [-0.25, -0.2) is 5.06 Å². The van der Waals surface area contributed by atoms with Crippen molar-refractivity contribution in [3.63, 3.8) is 0 Å². The number of benzene rings is 1. The van der Waals surface area contributed by atoms with E-state index in [4.69, 9.17) is 4.74 Å². The third kappa shape index (κ3) is 1.71. The van der Waals surface area contributed by atoms with E-state index >= 15 is 0 Å². The molecular weight excluding hydrogens is 198 g/mol. The van der Waals surface area contributed by atoms with E-state index in [1.807, 2.05) is 29.7 Å². The van der Waals surface area contributed by atoms with Crippen molar-refractivity contribution in [1.82, 2.24) is 5.06 Å². The molecule has 3 nitrogen and oxygen atoms in total. The first-order chi connectivity index (χ1) is 6.81. The number of hydroxylamine groups is 2. The summed E-state index contributed by atoms with van der Waals surface area (Å²) in [4.78, 5) is 0. The number of methoxy groups -OCH3 is 1. The Morgan fingerprint density at radius 1 is 1.29 bits per heavy atom. The van der Waals surface area contributed by atoms with E-state index in [0.29, 0.717) is 0 Å². The quantitative estimate of drug-likeness (QED) is 0.809. The Morgan fingerprint density at radius 3 is 2.50 bits per heavy atom. The molecule has 1 aromatic carbocycles. The molecule has 4 heteroatoms. The lowest BCUT2D eigenvalue weighted by atomic mass is 10.1. The van der Waals surface area contributed by atoms with Crippen LogP contribution in [-0.2, 0) is 0 Å². The highest BCUT2D eigenvalue weighted by molar-refractivity contribution is 8.04. The zero-order valence-electron chi connectivity index (χ0n) is 7.68. The van der Waals surface area contributed by atoms with Gasteiger partial charge in [0.15, 0.2) is 0 Å². The van der Waals surface area contributed by atoms with Crippen LogP contribution in [0.1, 0.15) is 5.56 Å². The predicted octanol–water partition coefficient (Wildman–Crippen LogP) is 2.55. The van der Waals surface area contributed by atoms with Crippen LogP contribution < -0.4 is 4.74 Å². The van der Waals surface area contributed by atoms with Crippen LogP contribution in [0.5, 0.6) is 5.75 Å². The van der Waals surface area contributed by atoms with Gasteiger partial charge in [-0.3, -0.25) is 5.21 Å². The normalized spacial score (nSPS) is 15.6. The first kappa shape index (κ1) is 9.43. The maximum Gasteiger partial charge on any atom is 0.138 e. The minimum Gasteiger partial charge on any atom is -0.497 e. The minimum atomic E-state index is 0.789. The highest BCUT2D eigenvalue weighted by Gasteiger charge is 2.15. The number of hydrogen-bond donors (Lipinski definition) is 1. The number of nitrogens with zero attached hydrogens (tertiary/aromatic N) is 1. The van der Waals surface area contributed by atoms with Crippen molar-refractivity contribution >= 4 is 17.5 Å². The highest BCUT2D eigenvalue weighted by Crippen LogP contribution is 2.32. The Hall–Kier alpha value is -1.13. The van der Waals surface area contributed by atoms with Gasteiger partial charge in [0.05, 0.1) is 12.8 Å². The number of ether oxygens (including phenoxy) is 1. The molecule has 73 valence electrons. The molecule has 1 aliphatic heterocycles. The number of thioether (sulfide) groups is 1. The average Bonchev–Trinajstić information content (AvgIpc) is 2.65. The summed E-state index contributed by atoms with van der Waals surface area (Å²) in [6.07, 6.45) is 0. The maximum atomic E-state index is 9.43. The van der Waals surface area contributed by atoms with Gasteiger partial charge in [-0.2, -0.15) is 0 Å². The van der Waals surface area contributed by atoms with E-state index in [0.717, 1.165) is 22.1 Å². The fourth-order valence-electron chi connectivity index (χ4n) is 1.23. The van der Waals surface area contributed by atoms with Crippen LogP contribution >= 0.6 is 11.8 Å². The van der Waals surface area contributed by atoms with E-state index in [1.54, 1.807) is 13.0 Å². The number of hydrogen-bond acceptors (Lipinski definition) is 4. The van der Waals surface area contributed by atoms with Gasteiger partial charge in [-0.15, -0.1) is 11.8 Å². The van der Waals surface area contributed by atoms with E-state index in [1.165, 1.54) is 11.8 Å². The molecule has 0 aliphatic carbocycles. The molecule has 0 saturated heterocycles. The van der Waals surface area contributed by atoms with Gasteiger partial charge >= 0.3 is 0 Å². The summed E-state index contributed by atoms with van der Waals surface area (Å²) in [7, 11) is 1.63. The zero-order valence-corrected chi connectivity index (χ0v) is 8.49. The van der Waals surface area contributed by atoms with E-state index in [-0.39, 0.29) is 0 Å². The Bertz CT molecular complexity index is 348. The Morgan fingerprint density at radius 2 is 2.00 bits per heavy atom. The summed E-state index contributed by atoms with van der Waals surface area (Å²) in [6.45, 7) is 0. The molecule has 0 amide bonds. The average molecular weight is 208 g/mol. The van der Waals surface area contributed by atoms with Gasteiger partial charge in [-0.05, 0) is 29.7 Å². The van der Waals surface area contributed by atoms with Crippen molar-refractivity contribution < 1.29 is 9.94 Å². The van der Waals surface area contributed by atoms with Gasteiger partial charge in [0.25, 0.3) is 0 Å². The third-order valence-electron chi connectivity index (χ3n) is 1.97. The summed E-state index contributed by atoms with van der Waals surface area (Å²) in [5, 5.41) is 12.4. The van der Waals surface area contributed by atoms with Crippen LogP contribution in [0.25, 0.3) is 5.70 Å². The SMILES string of the molecule is COc1ccc(C2=CS[CH]N2O)cc1. The van der Waals surface area contributed by atoms with Crippen molar-refractivity contribution in [3.05, 3.63) is 41.1 Å². The van der Waals surface area contributed by atoms with Crippen LogP contribution in [0.2, 0.25) is 0 Å². The first-order valence-electron chi connectivity index (χ1n) is 4.13. The first-order valence-corrected chi connectivity index (χ1v) is 5.07. The second-order valence-corrected chi connectivity index (χ2v) is 3.54. The van der Waals surface area contributed by atoms with Gasteiger partial charge in [0, 0.05) is 5.56 Å². The lowest BCUT2D eigenvalue weighted by Crippen LogP contribution is -2.07. The largest absolute Gasteiger partial charge is 0.497 e. The van der Waals surface area contributed by atoms with Gasteiger partial charge < -0.3 is 4.74 Å². The highest BCUT2D eigenvalue weighted by atomic mass is 32.2. The second-order valence-electron chi connectivity index (χ2n) is 2.82. The topological polar surface area (TPSA) is 32.7 Å². The summed E-state index contributed by atoms with van der Waals surface area (Å²) in [5.41, 5.74) is 1.76. The summed E-state index contributed by atoms with van der Waals surface area (Å²) in [5.74, 6) is 2.45. The molecule has 1 aromatic rings. The number of rotatable bonds is 2. The van der Waals surface area contributed by atoms with Gasteiger partial charge in [0.2, 0.25) is 0 Å². The molecule has 0 bridgehead atoms. The molecule has 0 aromatic heterocycles. The van der Waals surface area contributed by atoms with Crippen molar-refractivity contribution in [2.75, 3.05) is 7.11 Å². The van der Waals surface area contributed by atoms with Crippen LogP contribution in [0.15, 0.2) is 29.7 Å². The van der Waals surface area contributed by atoms with Crippen molar-refractivity contribution in [1.29, 1.82) is 0 Å². The second kappa shape index (κ2) is 3.94. The molecule has 0 saturated carbocycles. The van der Waals surface area contributed by atoms with Gasteiger partial charge in [-0.1, -0.05) is 0 Å². The molecule has 0 spiro atoms.